The van der Waals surface area contributed by atoms with E-state index in [1.54, 1.807) is 0 Å². The molecule has 182 valence electrons. The fraction of sp³-hybridized carbons (Fsp3) is 0.778. The van der Waals surface area contributed by atoms with Gasteiger partial charge in [-0.15, -0.1) is 0 Å². The van der Waals surface area contributed by atoms with E-state index in [4.69, 9.17) is 4.74 Å². The number of alkyl halides is 9. The lowest BCUT2D eigenvalue weighted by atomic mass is 10.0. The largest absolute Gasteiger partial charge is 0.462 e. The Labute approximate surface area is 172 Å². The predicted molar refractivity (Wildman–Crippen MR) is 89.9 cm³/mol. The van der Waals surface area contributed by atoms with Crippen LogP contribution in [-0.4, -0.2) is 49.1 Å². The molecule has 13 heteroatoms. The van der Waals surface area contributed by atoms with Crippen LogP contribution < -0.4 is 0 Å². The van der Waals surface area contributed by atoms with Gasteiger partial charge in [-0.05, 0) is 12.3 Å². The van der Waals surface area contributed by atoms with E-state index in [9.17, 15) is 49.1 Å². The van der Waals surface area contributed by atoms with Crippen LogP contribution in [0.3, 0.4) is 0 Å². The summed E-state index contributed by atoms with van der Waals surface area (Å²) >= 11 is 0. The van der Waals surface area contributed by atoms with Crippen LogP contribution in [0.15, 0.2) is 12.2 Å². The van der Waals surface area contributed by atoms with Crippen LogP contribution in [0, 0.1) is 5.92 Å². The molecule has 0 bridgehead atoms. The SMILES string of the molecule is CCCCC(CC)COC(=O)/C=C\C(=O)OCCC(F)(F)C(F)(F)C(F)(F)C(F)(F)F. The zero-order valence-corrected chi connectivity index (χ0v) is 16.7. The monoisotopic (exact) mass is 474 g/mol. The fourth-order valence-electron chi connectivity index (χ4n) is 2.17. The maximum absolute atomic E-state index is 13.3. The molecule has 0 aromatic carbocycles. The van der Waals surface area contributed by atoms with Crippen LogP contribution in [-0.2, 0) is 19.1 Å². The van der Waals surface area contributed by atoms with Gasteiger partial charge in [-0.3, -0.25) is 0 Å². The number of carbonyl (C=O) groups is 2. The molecule has 4 nitrogen and oxygen atoms in total. The predicted octanol–water partition coefficient (Wildman–Crippen LogP) is 5.70. The third-order valence-electron chi connectivity index (χ3n) is 4.23. The summed E-state index contributed by atoms with van der Waals surface area (Å²) in [7, 11) is 0. The van der Waals surface area contributed by atoms with Gasteiger partial charge in [0, 0.05) is 12.2 Å². The van der Waals surface area contributed by atoms with Crippen molar-refractivity contribution in [3.8, 4) is 0 Å². The topological polar surface area (TPSA) is 52.6 Å². The van der Waals surface area contributed by atoms with Crippen LogP contribution in [0.4, 0.5) is 39.5 Å². The molecular weight excluding hydrogens is 451 g/mol. The molecule has 0 aliphatic heterocycles. The second kappa shape index (κ2) is 11.6. The first-order chi connectivity index (χ1) is 14.0. The molecule has 31 heavy (non-hydrogen) atoms. The first kappa shape index (κ1) is 29.1. The maximum Gasteiger partial charge on any atom is 0.460 e. The highest BCUT2D eigenvalue weighted by Crippen LogP contribution is 2.53. The van der Waals surface area contributed by atoms with Gasteiger partial charge < -0.3 is 9.47 Å². The van der Waals surface area contributed by atoms with Gasteiger partial charge in [0.05, 0.1) is 19.6 Å². The fourth-order valence-corrected chi connectivity index (χ4v) is 2.17. The van der Waals surface area contributed by atoms with Crippen molar-refractivity contribution in [1.29, 1.82) is 0 Å². The first-order valence-corrected chi connectivity index (χ1v) is 9.25. The van der Waals surface area contributed by atoms with Gasteiger partial charge in [-0.25, -0.2) is 9.59 Å². The Hall–Kier alpha value is -1.95. The number of hydrogen-bond donors (Lipinski definition) is 0. The van der Waals surface area contributed by atoms with Crippen molar-refractivity contribution in [3.63, 3.8) is 0 Å². The van der Waals surface area contributed by atoms with Crippen molar-refractivity contribution in [3.05, 3.63) is 12.2 Å². The van der Waals surface area contributed by atoms with Gasteiger partial charge >= 0.3 is 35.9 Å². The molecule has 0 fully saturated rings. The third kappa shape index (κ3) is 8.24. The molecule has 0 amide bonds. The van der Waals surface area contributed by atoms with Crippen molar-refractivity contribution in [2.75, 3.05) is 13.2 Å². The smallest absolute Gasteiger partial charge is 0.460 e. The number of rotatable bonds is 13. The highest BCUT2D eigenvalue weighted by molar-refractivity contribution is 5.91. The van der Waals surface area contributed by atoms with E-state index in [1.807, 2.05) is 13.8 Å². The van der Waals surface area contributed by atoms with Crippen LogP contribution in [0.1, 0.15) is 46.0 Å². The molecule has 0 N–H and O–H groups in total. The molecule has 0 spiro atoms. The summed E-state index contributed by atoms with van der Waals surface area (Å²) in [6.07, 6.45) is -4.87. The molecular formula is C18H23F9O4. The zero-order chi connectivity index (χ0) is 24.5. The summed E-state index contributed by atoms with van der Waals surface area (Å²) in [5.74, 6) is -22.0. The average Bonchev–Trinajstić information content (AvgIpc) is 2.65. The molecule has 0 aromatic heterocycles. The number of esters is 2. The van der Waals surface area contributed by atoms with E-state index in [0.29, 0.717) is 12.2 Å². The Balaban J connectivity index is 4.65. The second-order valence-electron chi connectivity index (χ2n) is 6.65. The molecule has 0 radical (unpaired) electrons. The van der Waals surface area contributed by atoms with Gasteiger partial charge in [0.2, 0.25) is 0 Å². The van der Waals surface area contributed by atoms with Crippen LogP contribution in [0.2, 0.25) is 0 Å². The molecule has 0 aromatic rings. The average molecular weight is 474 g/mol. The van der Waals surface area contributed by atoms with Gasteiger partial charge in [-0.1, -0.05) is 33.1 Å². The minimum atomic E-state index is -7.01. The molecule has 1 atom stereocenters. The Bertz CT molecular complexity index is 616. The highest BCUT2D eigenvalue weighted by atomic mass is 19.4. The molecule has 0 rings (SSSR count). The summed E-state index contributed by atoms with van der Waals surface area (Å²) in [4.78, 5) is 22.8. The van der Waals surface area contributed by atoms with Gasteiger partial charge in [0.1, 0.15) is 0 Å². The summed E-state index contributed by atoms with van der Waals surface area (Å²) in [6, 6.07) is 0. The quantitative estimate of drug-likeness (QED) is 0.195. The standard InChI is InChI=1S/C18H23F9O4/c1-3-5-6-12(4-2)11-31-14(29)8-7-13(28)30-10-9-15(19,20)16(21,22)17(23,24)18(25,26)27/h7-8,12H,3-6,9-11H2,1-2H3/b8-7-. The normalized spacial score (nSPS) is 14.5. The van der Waals surface area contributed by atoms with E-state index in [1.165, 1.54) is 0 Å². The third-order valence-corrected chi connectivity index (χ3v) is 4.23. The van der Waals surface area contributed by atoms with Crippen molar-refractivity contribution in [1.82, 2.24) is 0 Å². The van der Waals surface area contributed by atoms with E-state index in [0.717, 1.165) is 25.7 Å². The Kier molecular flexibility index (Phi) is 10.9. The lowest BCUT2D eigenvalue weighted by molar-refractivity contribution is -0.397. The van der Waals surface area contributed by atoms with Crippen LogP contribution in [0.5, 0.6) is 0 Å². The maximum atomic E-state index is 13.3. The molecule has 1 unspecified atom stereocenters. The lowest BCUT2D eigenvalue weighted by Crippen LogP contribution is -2.61. The van der Waals surface area contributed by atoms with E-state index < -0.39 is 48.9 Å². The Morgan fingerprint density at radius 1 is 0.839 bits per heavy atom. The highest BCUT2D eigenvalue weighted by Gasteiger charge is 2.81. The Morgan fingerprint density at radius 3 is 1.81 bits per heavy atom. The summed E-state index contributed by atoms with van der Waals surface area (Å²) in [5.41, 5.74) is 0. The summed E-state index contributed by atoms with van der Waals surface area (Å²) < 4.78 is 123. The molecule has 0 saturated heterocycles. The zero-order valence-electron chi connectivity index (χ0n) is 16.7. The van der Waals surface area contributed by atoms with Crippen LogP contribution in [0.25, 0.3) is 0 Å². The molecule has 0 aliphatic carbocycles. The number of halogens is 9. The van der Waals surface area contributed by atoms with Crippen molar-refractivity contribution < 1.29 is 58.6 Å². The van der Waals surface area contributed by atoms with E-state index >= 15 is 0 Å². The van der Waals surface area contributed by atoms with Crippen molar-refractivity contribution >= 4 is 11.9 Å². The second-order valence-corrected chi connectivity index (χ2v) is 6.65. The van der Waals surface area contributed by atoms with Gasteiger partial charge in [0.25, 0.3) is 0 Å². The minimum absolute atomic E-state index is 0.0590. The van der Waals surface area contributed by atoms with Crippen LogP contribution >= 0.6 is 0 Å². The number of hydrogen-bond acceptors (Lipinski definition) is 4. The minimum Gasteiger partial charge on any atom is -0.462 e. The molecule has 0 aliphatic rings. The Morgan fingerprint density at radius 2 is 1.35 bits per heavy atom. The number of ether oxygens (including phenoxy) is 2. The van der Waals surface area contributed by atoms with E-state index in [2.05, 4.69) is 4.74 Å². The summed E-state index contributed by atoms with van der Waals surface area (Å²) in [5, 5.41) is 0. The first-order valence-electron chi connectivity index (χ1n) is 9.25. The van der Waals surface area contributed by atoms with Crippen molar-refractivity contribution in [2.24, 2.45) is 5.92 Å². The van der Waals surface area contributed by atoms with Gasteiger partial charge in [0.15, 0.2) is 0 Å². The number of unbranched alkanes of at least 4 members (excludes halogenated alkanes) is 1. The molecule has 0 heterocycles. The van der Waals surface area contributed by atoms with E-state index in [-0.39, 0.29) is 12.5 Å². The summed E-state index contributed by atoms with van der Waals surface area (Å²) in [6.45, 7) is 2.31. The molecule has 0 saturated carbocycles. The lowest BCUT2D eigenvalue weighted by Gasteiger charge is -2.33. The van der Waals surface area contributed by atoms with Crippen molar-refractivity contribution in [2.45, 2.75) is 69.9 Å². The van der Waals surface area contributed by atoms with Gasteiger partial charge in [-0.2, -0.15) is 39.5 Å². The number of carbonyl (C=O) groups excluding carboxylic acids is 2.